The lowest BCUT2D eigenvalue weighted by atomic mass is 10.1. The number of carbonyl (C=O) groups excluding carboxylic acids is 2. The van der Waals surface area contributed by atoms with E-state index in [2.05, 4.69) is 12.2 Å². The van der Waals surface area contributed by atoms with Gasteiger partial charge in [0, 0.05) is 5.69 Å². The van der Waals surface area contributed by atoms with E-state index in [0.29, 0.717) is 12.3 Å². The van der Waals surface area contributed by atoms with E-state index in [4.69, 9.17) is 15.2 Å². The fraction of sp³-hybridized carbons (Fsp3) is 0.417. The van der Waals surface area contributed by atoms with Crippen molar-refractivity contribution in [1.29, 1.82) is 0 Å². The van der Waals surface area contributed by atoms with Crippen molar-refractivity contribution in [3.05, 3.63) is 89.0 Å². The highest BCUT2D eigenvalue weighted by Gasteiger charge is 2.22. The molecule has 0 aromatic heterocycles. The summed E-state index contributed by atoms with van der Waals surface area (Å²) < 4.78 is 11.7. The van der Waals surface area contributed by atoms with E-state index < -0.39 is 17.8 Å². The number of nitrogens with one attached hydrogen (secondary N) is 1. The molecule has 0 fully saturated rings. The Morgan fingerprint density at radius 3 is 1.89 bits per heavy atom. The molecule has 1 amide bonds. The largest absolute Gasteiger partial charge is 0.490 e. The molecule has 0 heterocycles. The third-order valence-electron chi connectivity index (χ3n) is 7.48. The number of anilines is 2. The SMILES string of the molecule is CCCCCCCCCCCCCCOc1c(NC(=O)c2ccccc2C(=O)O)cccc1C(=O)OCc1ccc(N)cc1. The van der Waals surface area contributed by atoms with Gasteiger partial charge < -0.3 is 25.6 Å². The second kappa shape index (κ2) is 19.1. The predicted octanol–water partition coefficient (Wildman–Crippen LogP) is 8.66. The first-order chi connectivity index (χ1) is 21.4. The summed E-state index contributed by atoms with van der Waals surface area (Å²) in [5, 5.41) is 12.3. The minimum Gasteiger partial charge on any atom is -0.490 e. The molecule has 236 valence electrons. The van der Waals surface area contributed by atoms with Gasteiger partial charge in [0.2, 0.25) is 0 Å². The molecule has 0 aliphatic carbocycles. The van der Waals surface area contributed by atoms with Crippen LogP contribution in [0, 0.1) is 0 Å². The Morgan fingerprint density at radius 2 is 1.27 bits per heavy atom. The molecule has 8 heteroatoms. The molecular formula is C36H46N2O6. The summed E-state index contributed by atoms with van der Waals surface area (Å²) in [6.07, 6.45) is 14.6. The van der Waals surface area contributed by atoms with Gasteiger partial charge in [-0.25, -0.2) is 9.59 Å². The number of esters is 1. The Morgan fingerprint density at radius 1 is 0.705 bits per heavy atom. The monoisotopic (exact) mass is 602 g/mol. The Balaban J connectivity index is 1.61. The predicted molar refractivity (Wildman–Crippen MR) is 174 cm³/mol. The number of unbranched alkanes of at least 4 members (excludes halogenated alkanes) is 11. The van der Waals surface area contributed by atoms with Crippen LogP contribution in [0.4, 0.5) is 11.4 Å². The number of amides is 1. The van der Waals surface area contributed by atoms with Crippen LogP contribution >= 0.6 is 0 Å². The lowest BCUT2D eigenvalue weighted by Gasteiger charge is -2.17. The Kier molecular flexibility index (Phi) is 14.8. The molecule has 3 aromatic rings. The van der Waals surface area contributed by atoms with Crippen molar-refractivity contribution >= 4 is 29.2 Å². The van der Waals surface area contributed by atoms with Crippen LogP contribution < -0.4 is 15.8 Å². The third kappa shape index (κ3) is 11.4. The van der Waals surface area contributed by atoms with Crippen LogP contribution in [0.15, 0.2) is 66.7 Å². The maximum atomic E-state index is 13.2. The molecule has 3 aromatic carbocycles. The molecule has 0 atom stereocenters. The first-order valence-corrected chi connectivity index (χ1v) is 15.8. The van der Waals surface area contributed by atoms with Crippen LogP contribution in [-0.2, 0) is 11.3 Å². The van der Waals surface area contributed by atoms with Crippen LogP contribution in [0.3, 0.4) is 0 Å². The summed E-state index contributed by atoms with van der Waals surface area (Å²) in [5.74, 6) is -2.24. The van der Waals surface area contributed by atoms with Crippen molar-refractivity contribution in [2.45, 2.75) is 90.6 Å². The summed E-state index contributed by atoms with van der Waals surface area (Å²) in [5.41, 5.74) is 7.45. The van der Waals surface area contributed by atoms with E-state index in [1.807, 2.05) is 0 Å². The fourth-order valence-corrected chi connectivity index (χ4v) is 4.97. The summed E-state index contributed by atoms with van der Waals surface area (Å²) in [4.78, 5) is 38.0. The number of nitrogens with two attached hydrogens (primary N) is 1. The van der Waals surface area contributed by atoms with Gasteiger partial charge in [0.1, 0.15) is 12.2 Å². The van der Waals surface area contributed by atoms with Crippen LogP contribution in [-0.4, -0.2) is 29.6 Å². The summed E-state index contributed by atoms with van der Waals surface area (Å²) in [7, 11) is 0. The molecule has 0 saturated heterocycles. The number of carboxylic acids is 1. The van der Waals surface area contributed by atoms with Gasteiger partial charge >= 0.3 is 11.9 Å². The Labute approximate surface area is 261 Å². The number of hydrogen-bond donors (Lipinski definition) is 3. The van der Waals surface area contributed by atoms with Crippen molar-refractivity contribution in [3.8, 4) is 5.75 Å². The second-order valence-electron chi connectivity index (χ2n) is 11.0. The number of benzene rings is 3. The van der Waals surface area contributed by atoms with Crippen LogP contribution in [0.5, 0.6) is 5.75 Å². The topological polar surface area (TPSA) is 128 Å². The Bertz CT molecular complexity index is 1340. The molecule has 8 nitrogen and oxygen atoms in total. The summed E-state index contributed by atoms with van der Waals surface area (Å²) in [6.45, 7) is 2.64. The highest BCUT2D eigenvalue weighted by atomic mass is 16.5. The molecule has 0 unspecified atom stereocenters. The van der Waals surface area contributed by atoms with Crippen molar-refractivity contribution in [2.75, 3.05) is 17.7 Å². The average Bonchev–Trinajstić information content (AvgIpc) is 3.03. The van der Waals surface area contributed by atoms with Gasteiger partial charge in [0.15, 0.2) is 5.75 Å². The van der Waals surface area contributed by atoms with E-state index in [9.17, 15) is 19.5 Å². The van der Waals surface area contributed by atoms with Gasteiger partial charge in [-0.2, -0.15) is 0 Å². The number of hydrogen-bond acceptors (Lipinski definition) is 6. The van der Waals surface area contributed by atoms with Gasteiger partial charge in [0.25, 0.3) is 5.91 Å². The molecule has 0 radical (unpaired) electrons. The van der Waals surface area contributed by atoms with Crippen molar-refractivity contribution in [3.63, 3.8) is 0 Å². The third-order valence-corrected chi connectivity index (χ3v) is 7.48. The lowest BCUT2D eigenvalue weighted by Crippen LogP contribution is -2.18. The molecular weight excluding hydrogens is 556 g/mol. The van der Waals surface area contributed by atoms with E-state index in [1.54, 1.807) is 54.6 Å². The molecule has 3 rings (SSSR count). The minimum atomic E-state index is -1.21. The van der Waals surface area contributed by atoms with E-state index in [-0.39, 0.29) is 34.7 Å². The normalized spacial score (nSPS) is 10.8. The molecule has 0 aliphatic rings. The van der Waals surface area contributed by atoms with Crippen LogP contribution in [0.25, 0.3) is 0 Å². The van der Waals surface area contributed by atoms with Gasteiger partial charge in [-0.3, -0.25) is 4.79 Å². The van der Waals surface area contributed by atoms with E-state index in [1.165, 1.54) is 69.9 Å². The molecule has 0 aliphatic heterocycles. The summed E-state index contributed by atoms with van der Waals surface area (Å²) in [6, 6.07) is 17.8. The van der Waals surface area contributed by atoms with Crippen molar-refractivity contribution in [1.82, 2.24) is 0 Å². The quantitative estimate of drug-likeness (QED) is 0.0670. The zero-order valence-electron chi connectivity index (χ0n) is 25.8. The molecule has 44 heavy (non-hydrogen) atoms. The maximum absolute atomic E-state index is 13.2. The number of carboxylic acid groups (broad SMARTS) is 1. The molecule has 0 saturated carbocycles. The van der Waals surface area contributed by atoms with Gasteiger partial charge in [-0.15, -0.1) is 0 Å². The molecule has 0 bridgehead atoms. The van der Waals surface area contributed by atoms with Gasteiger partial charge in [-0.05, 0) is 48.4 Å². The fourth-order valence-electron chi connectivity index (χ4n) is 4.97. The first kappa shape index (κ1) is 34.2. The number of carbonyl (C=O) groups is 3. The summed E-state index contributed by atoms with van der Waals surface area (Å²) >= 11 is 0. The Hall–Kier alpha value is -4.33. The highest BCUT2D eigenvalue weighted by Crippen LogP contribution is 2.31. The number of para-hydroxylation sites is 1. The minimum absolute atomic E-state index is 0.00300. The average molecular weight is 603 g/mol. The highest BCUT2D eigenvalue weighted by molar-refractivity contribution is 6.11. The van der Waals surface area contributed by atoms with Crippen LogP contribution in [0.2, 0.25) is 0 Å². The second-order valence-corrected chi connectivity index (χ2v) is 11.0. The zero-order chi connectivity index (χ0) is 31.6. The number of aromatic carboxylic acids is 1. The van der Waals surface area contributed by atoms with Gasteiger partial charge in [-0.1, -0.05) is 108 Å². The number of ether oxygens (including phenoxy) is 2. The first-order valence-electron chi connectivity index (χ1n) is 15.8. The van der Waals surface area contributed by atoms with Crippen LogP contribution in [0.1, 0.15) is 121 Å². The van der Waals surface area contributed by atoms with E-state index in [0.717, 1.165) is 24.8 Å². The van der Waals surface area contributed by atoms with E-state index >= 15 is 0 Å². The molecule has 0 spiro atoms. The zero-order valence-corrected chi connectivity index (χ0v) is 25.8. The molecule has 4 N–H and O–H groups in total. The maximum Gasteiger partial charge on any atom is 0.342 e. The standard InChI is InChI=1S/C36H46N2O6/c1-2-3-4-5-6-7-8-9-10-11-12-15-25-43-33-31(36(42)44-26-27-21-23-28(37)24-22-27)19-16-20-32(33)38-34(39)29-17-13-14-18-30(29)35(40)41/h13-14,16-24H,2-12,15,25-26,37H2,1H3,(H,38,39)(H,40,41). The van der Waals surface area contributed by atoms with Gasteiger partial charge in [0.05, 0.1) is 23.4 Å². The number of rotatable bonds is 20. The van der Waals surface area contributed by atoms with Crippen molar-refractivity contribution < 1.29 is 29.0 Å². The lowest BCUT2D eigenvalue weighted by molar-refractivity contribution is 0.0467. The number of nitrogen functional groups attached to an aromatic ring is 1. The van der Waals surface area contributed by atoms with Crippen molar-refractivity contribution in [2.24, 2.45) is 0 Å². The smallest absolute Gasteiger partial charge is 0.342 e.